The number of rotatable bonds is 6. The lowest BCUT2D eigenvalue weighted by molar-refractivity contribution is -0.111. The summed E-state index contributed by atoms with van der Waals surface area (Å²) in [6.07, 6.45) is 4.05. The summed E-state index contributed by atoms with van der Waals surface area (Å²) in [4.78, 5) is 12.1. The first-order valence-electron chi connectivity index (χ1n) is 7.57. The molecule has 2 rings (SSSR count). The van der Waals surface area contributed by atoms with Crippen LogP contribution >= 0.6 is 11.6 Å². The standard InChI is InChI=1S/C19H20ClNO3/c1-4-13-6-5-7-15(10-13)21-18(22)9-8-14-11-16(20)19(24-3)17(12-14)23-2/h5-12H,4H2,1-3H3,(H,21,22)/b9-8+. The van der Waals surface area contributed by atoms with Gasteiger partial charge in [0.05, 0.1) is 19.2 Å². The number of halogens is 1. The molecule has 0 aromatic heterocycles. The number of carbonyl (C=O) groups is 1. The average Bonchev–Trinajstić information content (AvgIpc) is 2.59. The third-order valence-electron chi connectivity index (χ3n) is 3.49. The van der Waals surface area contributed by atoms with Crippen LogP contribution in [0, 0.1) is 0 Å². The van der Waals surface area contributed by atoms with Gasteiger partial charge < -0.3 is 14.8 Å². The molecule has 0 saturated heterocycles. The van der Waals surface area contributed by atoms with Crippen LogP contribution in [0.3, 0.4) is 0 Å². The van der Waals surface area contributed by atoms with Crippen LogP contribution < -0.4 is 14.8 Å². The third-order valence-corrected chi connectivity index (χ3v) is 3.77. The summed E-state index contributed by atoms with van der Waals surface area (Å²) < 4.78 is 10.4. The molecule has 0 aliphatic rings. The molecule has 0 atom stereocenters. The molecule has 0 radical (unpaired) electrons. The lowest BCUT2D eigenvalue weighted by Gasteiger charge is -2.10. The van der Waals surface area contributed by atoms with Crippen molar-refractivity contribution in [2.75, 3.05) is 19.5 Å². The molecule has 126 valence electrons. The Bertz CT molecular complexity index is 756. The average molecular weight is 346 g/mol. The molecule has 4 nitrogen and oxygen atoms in total. The Balaban J connectivity index is 2.12. The summed E-state index contributed by atoms with van der Waals surface area (Å²) >= 11 is 6.15. The molecule has 5 heteroatoms. The highest BCUT2D eigenvalue weighted by atomic mass is 35.5. The lowest BCUT2D eigenvalue weighted by Crippen LogP contribution is -2.07. The number of carbonyl (C=O) groups excluding carboxylic acids is 1. The number of hydrogen-bond acceptors (Lipinski definition) is 3. The van der Waals surface area contributed by atoms with Crippen LogP contribution in [0.5, 0.6) is 11.5 Å². The Kier molecular flexibility index (Phi) is 6.27. The number of hydrogen-bond donors (Lipinski definition) is 1. The van der Waals surface area contributed by atoms with Gasteiger partial charge in [0.15, 0.2) is 11.5 Å². The zero-order valence-electron chi connectivity index (χ0n) is 13.9. The van der Waals surface area contributed by atoms with Crippen LogP contribution in [-0.2, 0) is 11.2 Å². The first kappa shape index (κ1) is 17.9. The highest BCUT2D eigenvalue weighted by Gasteiger charge is 2.09. The van der Waals surface area contributed by atoms with Crippen molar-refractivity contribution >= 4 is 29.3 Å². The summed E-state index contributed by atoms with van der Waals surface area (Å²) in [7, 11) is 3.06. The molecule has 0 fully saturated rings. The lowest BCUT2D eigenvalue weighted by atomic mass is 10.1. The van der Waals surface area contributed by atoms with Gasteiger partial charge in [-0.2, -0.15) is 0 Å². The molecular weight excluding hydrogens is 326 g/mol. The highest BCUT2D eigenvalue weighted by molar-refractivity contribution is 6.32. The van der Waals surface area contributed by atoms with Crippen LogP contribution in [0.1, 0.15) is 18.1 Å². The van der Waals surface area contributed by atoms with E-state index in [4.69, 9.17) is 21.1 Å². The van der Waals surface area contributed by atoms with Crippen LogP contribution in [0.25, 0.3) is 6.08 Å². The molecule has 0 heterocycles. The predicted molar refractivity (Wildman–Crippen MR) is 98.0 cm³/mol. The van der Waals surface area contributed by atoms with Gasteiger partial charge in [-0.1, -0.05) is 30.7 Å². The van der Waals surface area contributed by atoms with E-state index in [1.165, 1.54) is 25.9 Å². The van der Waals surface area contributed by atoms with E-state index in [0.717, 1.165) is 17.7 Å². The number of methoxy groups -OCH3 is 2. The molecule has 2 aromatic rings. The van der Waals surface area contributed by atoms with Gasteiger partial charge in [0.25, 0.3) is 0 Å². The number of anilines is 1. The van der Waals surface area contributed by atoms with Gasteiger partial charge in [-0.3, -0.25) is 4.79 Å². The van der Waals surface area contributed by atoms with Crippen molar-refractivity contribution in [1.82, 2.24) is 0 Å². The predicted octanol–water partition coefficient (Wildman–Crippen LogP) is 4.57. The zero-order valence-corrected chi connectivity index (χ0v) is 14.7. The maximum absolute atomic E-state index is 12.1. The maximum atomic E-state index is 12.1. The molecule has 1 N–H and O–H groups in total. The minimum atomic E-state index is -0.214. The Labute approximate surface area is 147 Å². The molecular formula is C19H20ClNO3. The molecule has 1 amide bonds. The Hall–Kier alpha value is -2.46. The zero-order chi connectivity index (χ0) is 17.5. The number of aryl methyl sites for hydroxylation is 1. The molecule has 2 aromatic carbocycles. The second-order valence-corrected chi connectivity index (χ2v) is 5.52. The van der Waals surface area contributed by atoms with Gasteiger partial charge in [0.2, 0.25) is 5.91 Å². The molecule has 0 unspecified atom stereocenters. The van der Waals surface area contributed by atoms with E-state index in [0.29, 0.717) is 16.5 Å². The van der Waals surface area contributed by atoms with Gasteiger partial charge in [-0.25, -0.2) is 0 Å². The van der Waals surface area contributed by atoms with E-state index in [-0.39, 0.29) is 5.91 Å². The van der Waals surface area contributed by atoms with Gasteiger partial charge in [-0.05, 0) is 47.9 Å². The van der Waals surface area contributed by atoms with Gasteiger partial charge in [0.1, 0.15) is 0 Å². The first-order chi connectivity index (χ1) is 11.6. The minimum absolute atomic E-state index is 0.214. The van der Waals surface area contributed by atoms with Crippen molar-refractivity contribution in [1.29, 1.82) is 0 Å². The van der Waals surface area contributed by atoms with E-state index < -0.39 is 0 Å². The molecule has 24 heavy (non-hydrogen) atoms. The maximum Gasteiger partial charge on any atom is 0.248 e. The fourth-order valence-corrected chi connectivity index (χ4v) is 2.56. The molecule has 0 aliphatic carbocycles. The summed E-state index contributed by atoms with van der Waals surface area (Å²) in [5.41, 5.74) is 2.69. The largest absolute Gasteiger partial charge is 0.493 e. The monoisotopic (exact) mass is 345 g/mol. The Morgan fingerprint density at radius 2 is 2.00 bits per heavy atom. The SMILES string of the molecule is CCc1cccc(NC(=O)/C=C/c2cc(Cl)c(OC)c(OC)c2)c1. The summed E-state index contributed by atoms with van der Waals surface area (Å²) in [5.74, 6) is 0.770. The van der Waals surface area contributed by atoms with Crippen molar-refractivity contribution in [3.8, 4) is 11.5 Å². The Morgan fingerprint density at radius 1 is 1.21 bits per heavy atom. The van der Waals surface area contributed by atoms with Crippen LogP contribution in [0.2, 0.25) is 5.02 Å². The van der Waals surface area contributed by atoms with E-state index >= 15 is 0 Å². The van der Waals surface area contributed by atoms with E-state index in [1.54, 1.807) is 18.2 Å². The van der Waals surface area contributed by atoms with Crippen molar-refractivity contribution in [3.63, 3.8) is 0 Å². The number of ether oxygens (including phenoxy) is 2. The smallest absolute Gasteiger partial charge is 0.248 e. The Morgan fingerprint density at radius 3 is 2.67 bits per heavy atom. The van der Waals surface area contributed by atoms with E-state index in [9.17, 15) is 4.79 Å². The van der Waals surface area contributed by atoms with Crippen molar-refractivity contribution in [2.45, 2.75) is 13.3 Å². The second-order valence-electron chi connectivity index (χ2n) is 5.11. The fourth-order valence-electron chi connectivity index (χ4n) is 2.26. The summed E-state index contributed by atoms with van der Waals surface area (Å²) in [5, 5.41) is 3.26. The third kappa shape index (κ3) is 4.52. The van der Waals surface area contributed by atoms with Crippen LogP contribution in [0.4, 0.5) is 5.69 Å². The molecule has 0 spiro atoms. The highest BCUT2D eigenvalue weighted by Crippen LogP contribution is 2.36. The quantitative estimate of drug-likeness (QED) is 0.780. The number of amides is 1. The number of nitrogens with one attached hydrogen (secondary N) is 1. The van der Waals surface area contributed by atoms with Crippen LogP contribution in [-0.4, -0.2) is 20.1 Å². The van der Waals surface area contributed by atoms with Gasteiger partial charge in [-0.15, -0.1) is 0 Å². The second kappa shape index (κ2) is 8.41. The fraction of sp³-hybridized carbons (Fsp3) is 0.211. The molecule has 0 saturated carbocycles. The van der Waals surface area contributed by atoms with E-state index in [2.05, 4.69) is 12.2 Å². The topological polar surface area (TPSA) is 47.6 Å². The molecule has 0 aliphatic heterocycles. The van der Waals surface area contributed by atoms with Crippen molar-refractivity contribution in [3.05, 3.63) is 58.6 Å². The van der Waals surface area contributed by atoms with Crippen LogP contribution in [0.15, 0.2) is 42.5 Å². The number of benzene rings is 2. The summed E-state index contributed by atoms with van der Waals surface area (Å²) in [6, 6.07) is 11.2. The normalized spacial score (nSPS) is 10.7. The van der Waals surface area contributed by atoms with Gasteiger partial charge >= 0.3 is 0 Å². The van der Waals surface area contributed by atoms with E-state index in [1.807, 2.05) is 24.3 Å². The first-order valence-corrected chi connectivity index (χ1v) is 7.94. The minimum Gasteiger partial charge on any atom is -0.493 e. The van der Waals surface area contributed by atoms with Crippen molar-refractivity contribution in [2.24, 2.45) is 0 Å². The van der Waals surface area contributed by atoms with Crippen molar-refractivity contribution < 1.29 is 14.3 Å². The summed E-state index contributed by atoms with van der Waals surface area (Å²) in [6.45, 7) is 2.07. The van der Waals surface area contributed by atoms with Gasteiger partial charge in [0, 0.05) is 11.8 Å². The molecule has 0 bridgehead atoms.